The van der Waals surface area contributed by atoms with Crippen molar-refractivity contribution in [1.29, 1.82) is 0 Å². The third-order valence-corrected chi connectivity index (χ3v) is 2.53. The molecule has 0 spiro atoms. The van der Waals surface area contributed by atoms with Gasteiger partial charge in [-0.3, -0.25) is 4.79 Å². The lowest BCUT2D eigenvalue weighted by Gasteiger charge is -2.15. The lowest BCUT2D eigenvalue weighted by atomic mass is 10.2. The molecule has 0 heterocycles. The molecular weight excluding hydrogens is 238 g/mol. The first-order chi connectivity index (χ1) is 7.15. The Balaban J connectivity index is 4.16. The van der Waals surface area contributed by atoms with E-state index in [0.717, 1.165) is 5.75 Å². The van der Waals surface area contributed by atoms with Crippen LogP contribution in [0.3, 0.4) is 0 Å². The van der Waals surface area contributed by atoms with Crippen LogP contribution in [0.15, 0.2) is 0 Å². The Morgan fingerprint density at radius 3 is 2.67 bits per heavy atom. The first-order valence-electron chi connectivity index (χ1n) is 4.66. The normalized spacial score (nSPS) is 11.9. The van der Waals surface area contributed by atoms with E-state index in [-0.39, 0.29) is 11.8 Å². The number of amides is 1. The van der Waals surface area contributed by atoms with Crippen molar-refractivity contribution < 1.29 is 14.3 Å². The van der Waals surface area contributed by atoms with Crippen LogP contribution in [0.4, 0.5) is 0 Å². The van der Waals surface area contributed by atoms with Gasteiger partial charge >= 0.3 is 5.97 Å². The number of alkyl halides is 1. The van der Waals surface area contributed by atoms with Gasteiger partial charge in [-0.1, -0.05) is 0 Å². The Kier molecular flexibility index (Phi) is 8.61. The minimum atomic E-state index is -0.580. The maximum absolute atomic E-state index is 11.4. The molecular formula is C9H16ClNO3S. The third-order valence-electron chi connectivity index (χ3n) is 1.64. The lowest BCUT2D eigenvalue weighted by molar-refractivity contribution is -0.147. The second kappa shape index (κ2) is 8.85. The van der Waals surface area contributed by atoms with Crippen LogP contribution in [0.2, 0.25) is 0 Å². The van der Waals surface area contributed by atoms with Crippen molar-refractivity contribution in [3.05, 3.63) is 0 Å². The highest BCUT2D eigenvalue weighted by Crippen LogP contribution is 2.03. The molecule has 0 aromatic heterocycles. The molecule has 88 valence electrons. The minimum absolute atomic E-state index is 0.144. The molecule has 15 heavy (non-hydrogen) atoms. The average molecular weight is 254 g/mol. The smallest absolute Gasteiger partial charge is 0.328 e. The first kappa shape index (κ1) is 14.6. The van der Waals surface area contributed by atoms with Crippen molar-refractivity contribution in [2.24, 2.45) is 0 Å². The van der Waals surface area contributed by atoms with E-state index in [4.69, 9.17) is 16.3 Å². The van der Waals surface area contributed by atoms with Gasteiger partial charge in [0.1, 0.15) is 11.9 Å². The number of nitrogens with one attached hydrogen (secondary N) is 1. The minimum Gasteiger partial charge on any atom is -0.464 e. The molecule has 1 amide bonds. The monoisotopic (exact) mass is 253 g/mol. The number of carbonyl (C=O) groups is 2. The predicted molar refractivity (Wildman–Crippen MR) is 62.3 cm³/mol. The Bertz CT molecular complexity index is 214. The van der Waals surface area contributed by atoms with Gasteiger partial charge in [0.25, 0.3) is 0 Å². The number of ether oxygens (including phenoxy) is 1. The van der Waals surface area contributed by atoms with Gasteiger partial charge in [0.05, 0.1) is 6.61 Å². The molecule has 0 aliphatic rings. The van der Waals surface area contributed by atoms with Crippen molar-refractivity contribution in [1.82, 2.24) is 5.32 Å². The molecule has 0 aliphatic heterocycles. The molecule has 0 radical (unpaired) electrons. The van der Waals surface area contributed by atoms with Gasteiger partial charge in [-0.15, -0.1) is 11.6 Å². The summed E-state index contributed by atoms with van der Waals surface area (Å²) >= 11 is 6.95. The molecule has 0 bridgehead atoms. The standard InChI is InChI=1S/C9H16ClNO3S/c1-3-14-9(13)7(4-5-15-2)11-8(12)6-10/h7H,3-6H2,1-2H3,(H,11,12). The fourth-order valence-corrected chi connectivity index (χ4v) is 1.51. The van der Waals surface area contributed by atoms with Gasteiger partial charge in [-0.25, -0.2) is 4.79 Å². The van der Waals surface area contributed by atoms with E-state index in [1.807, 2.05) is 6.26 Å². The van der Waals surface area contributed by atoms with E-state index < -0.39 is 12.0 Å². The van der Waals surface area contributed by atoms with Crippen molar-refractivity contribution >= 4 is 35.2 Å². The lowest BCUT2D eigenvalue weighted by Crippen LogP contribution is -2.42. The fourth-order valence-electron chi connectivity index (χ4n) is 0.960. The molecule has 1 atom stereocenters. The van der Waals surface area contributed by atoms with E-state index in [2.05, 4.69) is 5.32 Å². The number of rotatable bonds is 7. The third kappa shape index (κ3) is 6.62. The van der Waals surface area contributed by atoms with E-state index >= 15 is 0 Å². The quantitative estimate of drug-likeness (QED) is 0.544. The zero-order chi connectivity index (χ0) is 11.7. The van der Waals surface area contributed by atoms with Crippen molar-refractivity contribution in [2.45, 2.75) is 19.4 Å². The van der Waals surface area contributed by atoms with E-state index in [0.29, 0.717) is 13.0 Å². The molecule has 6 heteroatoms. The summed E-state index contributed by atoms with van der Waals surface area (Å²) in [5, 5.41) is 2.53. The Hall–Kier alpha value is -0.420. The van der Waals surface area contributed by atoms with E-state index in [1.54, 1.807) is 18.7 Å². The zero-order valence-electron chi connectivity index (χ0n) is 8.92. The van der Waals surface area contributed by atoms with Crippen LogP contribution in [-0.4, -0.2) is 42.4 Å². The molecule has 0 aliphatic carbocycles. The van der Waals surface area contributed by atoms with Crippen LogP contribution >= 0.6 is 23.4 Å². The summed E-state index contributed by atoms with van der Waals surface area (Å²) in [5.74, 6) is -0.109. The topological polar surface area (TPSA) is 55.4 Å². The number of carbonyl (C=O) groups excluding carboxylic acids is 2. The van der Waals surface area contributed by atoms with Gasteiger partial charge in [0.2, 0.25) is 5.91 Å². The summed E-state index contributed by atoms with van der Waals surface area (Å²) in [6, 6.07) is -0.580. The second-order valence-electron chi connectivity index (χ2n) is 2.79. The Labute approximate surface area is 99.1 Å². The molecule has 1 N–H and O–H groups in total. The summed E-state index contributed by atoms with van der Waals surface area (Å²) in [6.07, 6.45) is 2.49. The van der Waals surface area contributed by atoms with Crippen LogP contribution in [0, 0.1) is 0 Å². The maximum Gasteiger partial charge on any atom is 0.328 e. The van der Waals surface area contributed by atoms with Crippen LogP contribution in [0.1, 0.15) is 13.3 Å². The van der Waals surface area contributed by atoms with Crippen LogP contribution < -0.4 is 5.32 Å². The SMILES string of the molecule is CCOC(=O)C(CCSC)NC(=O)CCl. The number of halogens is 1. The molecule has 0 rings (SSSR count). The molecule has 0 aromatic rings. The van der Waals surface area contributed by atoms with Crippen LogP contribution in [-0.2, 0) is 14.3 Å². The maximum atomic E-state index is 11.4. The van der Waals surface area contributed by atoms with Gasteiger partial charge in [-0.05, 0) is 25.4 Å². The number of hydrogen-bond acceptors (Lipinski definition) is 4. The summed E-state index contributed by atoms with van der Waals surface area (Å²) in [4.78, 5) is 22.4. The number of thioether (sulfide) groups is 1. The average Bonchev–Trinajstić information content (AvgIpc) is 2.24. The molecule has 0 saturated heterocycles. The number of esters is 1. The largest absolute Gasteiger partial charge is 0.464 e. The summed E-state index contributed by atoms with van der Waals surface area (Å²) in [5.41, 5.74) is 0. The first-order valence-corrected chi connectivity index (χ1v) is 6.59. The second-order valence-corrected chi connectivity index (χ2v) is 4.04. The van der Waals surface area contributed by atoms with Crippen LogP contribution in [0.25, 0.3) is 0 Å². The predicted octanol–water partition coefficient (Wildman–Crippen LogP) is 1.03. The fraction of sp³-hybridized carbons (Fsp3) is 0.778. The molecule has 1 unspecified atom stereocenters. The highest BCUT2D eigenvalue weighted by atomic mass is 35.5. The Morgan fingerprint density at radius 2 is 2.20 bits per heavy atom. The number of hydrogen-bond donors (Lipinski definition) is 1. The van der Waals surface area contributed by atoms with Gasteiger partial charge in [0.15, 0.2) is 0 Å². The van der Waals surface area contributed by atoms with Crippen molar-refractivity contribution in [3.63, 3.8) is 0 Å². The van der Waals surface area contributed by atoms with Gasteiger partial charge in [0, 0.05) is 0 Å². The van der Waals surface area contributed by atoms with E-state index in [1.165, 1.54) is 0 Å². The van der Waals surface area contributed by atoms with E-state index in [9.17, 15) is 9.59 Å². The zero-order valence-corrected chi connectivity index (χ0v) is 10.5. The molecule has 4 nitrogen and oxygen atoms in total. The van der Waals surface area contributed by atoms with Crippen LogP contribution in [0.5, 0.6) is 0 Å². The highest BCUT2D eigenvalue weighted by molar-refractivity contribution is 7.98. The summed E-state index contributed by atoms with van der Waals surface area (Å²) in [7, 11) is 0. The van der Waals surface area contributed by atoms with Gasteiger partial charge < -0.3 is 10.1 Å². The highest BCUT2D eigenvalue weighted by Gasteiger charge is 2.20. The molecule has 0 aromatic carbocycles. The summed E-state index contributed by atoms with van der Waals surface area (Å²) < 4.78 is 4.84. The van der Waals surface area contributed by atoms with Crippen molar-refractivity contribution in [3.8, 4) is 0 Å². The van der Waals surface area contributed by atoms with Crippen molar-refractivity contribution in [2.75, 3.05) is 24.5 Å². The van der Waals surface area contributed by atoms with Gasteiger partial charge in [-0.2, -0.15) is 11.8 Å². The summed E-state index contributed by atoms with van der Waals surface area (Å²) in [6.45, 7) is 2.04. The molecule has 0 fully saturated rings. The Morgan fingerprint density at radius 1 is 1.53 bits per heavy atom. The molecule has 0 saturated carbocycles.